The van der Waals surface area contributed by atoms with Crippen LogP contribution in [0.1, 0.15) is 19.8 Å². The lowest BCUT2D eigenvalue weighted by Crippen LogP contribution is -2.49. The van der Waals surface area contributed by atoms with Crippen LogP contribution in [0.2, 0.25) is 0 Å². The molecule has 2 fully saturated rings. The third-order valence-corrected chi connectivity index (χ3v) is 4.56. The maximum absolute atomic E-state index is 12.4. The maximum Gasteiger partial charge on any atom is 0.305 e. The van der Waals surface area contributed by atoms with Crippen molar-refractivity contribution in [2.75, 3.05) is 24.7 Å². The van der Waals surface area contributed by atoms with E-state index in [9.17, 15) is 9.59 Å². The van der Waals surface area contributed by atoms with Gasteiger partial charge in [0.2, 0.25) is 5.91 Å². The van der Waals surface area contributed by atoms with Gasteiger partial charge in [-0.3, -0.25) is 9.59 Å². The topological polar surface area (TPSA) is 66.8 Å². The van der Waals surface area contributed by atoms with Crippen molar-refractivity contribution in [1.82, 2.24) is 4.90 Å². The van der Waals surface area contributed by atoms with E-state index in [0.717, 1.165) is 17.9 Å². The molecule has 3 atom stereocenters. The number of carbonyl (C=O) groups is 2. The molecule has 2 aliphatic heterocycles. The molecule has 2 aliphatic rings. The molecule has 102 valence electrons. The van der Waals surface area contributed by atoms with Crippen LogP contribution in [0.25, 0.3) is 0 Å². The summed E-state index contributed by atoms with van der Waals surface area (Å²) in [6.45, 7) is 3.10. The molecular formula is C12H19NO4S. The predicted octanol–water partition coefficient (Wildman–Crippen LogP) is 0.830. The summed E-state index contributed by atoms with van der Waals surface area (Å²) in [7, 11) is 0. The molecule has 6 heteroatoms. The number of aliphatic carboxylic acids is 1. The van der Waals surface area contributed by atoms with Gasteiger partial charge in [-0.2, -0.15) is 11.8 Å². The highest BCUT2D eigenvalue weighted by atomic mass is 32.2. The maximum atomic E-state index is 12.4. The molecule has 0 aromatic heterocycles. The number of amides is 1. The molecule has 0 bridgehead atoms. The van der Waals surface area contributed by atoms with E-state index in [2.05, 4.69) is 0 Å². The summed E-state index contributed by atoms with van der Waals surface area (Å²) in [6.07, 6.45) is 0.931. The van der Waals surface area contributed by atoms with Gasteiger partial charge in [-0.1, -0.05) is 0 Å². The van der Waals surface area contributed by atoms with E-state index in [1.54, 1.807) is 16.7 Å². The number of carboxylic acid groups (broad SMARTS) is 1. The summed E-state index contributed by atoms with van der Waals surface area (Å²) >= 11 is 1.72. The summed E-state index contributed by atoms with van der Waals surface area (Å²) in [5, 5.41) is 8.90. The van der Waals surface area contributed by atoms with Gasteiger partial charge in [0, 0.05) is 18.1 Å². The van der Waals surface area contributed by atoms with E-state index in [0.29, 0.717) is 13.2 Å². The van der Waals surface area contributed by atoms with Crippen LogP contribution in [0.5, 0.6) is 0 Å². The molecule has 0 aromatic carbocycles. The Morgan fingerprint density at radius 3 is 2.89 bits per heavy atom. The lowest BCUT2D eigenvalue weighted by molar-refractivity contribution is -0.142. The van der Waals surface area contributed by atoms with Crippen LogP contribution in [-0.4, -0.2) is 58.7 Å². The molecule has 2 rings (SSSR count). The highest BCUT2D eigenvalue weighted by Crippen LogP contribution is 2.26. The van der Waals surface area contributed by atoms with Gasteiger partial charge < -0.3 is 14.7 Å². The van der Waals surface area contributed by atoms with Crippen LogP contribution >= 0.6 is 11.8 Å². The van der Waals surface area contributed by atoms with Crippen LogP contribution in [0.4, 0.5) is 0 Å². The summed E-state index contributed by atoms with van der Waals surface area (Å²) in [5.41, 5.74) is 0. The lowest BCUT2D eigenvalue weighted by atomic mass is 10.0. The van der Waals surface area contributed by atoms with Gasteiger partial charge in [0.05, 0.1) is 31.1 Å². The van der Waals surface area contributed by atoms with Crippen molar-refractivity contribution in [2.45, 2.75) is 31.9 Å². The van der Waals surface area contributed by atoms with E-state index < -0.39 is 5.97 Å². The Kier molecular flexibility index (Phi) is 4.50. The fourth-order valence-electron chi connectivity index (χ4n) is 2.54. The zero-order chi connectivity index (χ0) is 13.1. The van der Waals surface area contributed by atoms with E-state index in [1.807, 2.05) is 6.92 Å². The first-order valence-corrected chi connectivity index (χ1v) is 7.45. The van der Waals surface area contributed by atoms with Crippen molar-refractivity contribution in [1.29, 1.82) is 0 Å². The zero-order valence-electron chi connectivity index (χ0n) is 10.5. The van der Waals surface area contributed by atoms with Crippen molar-refractivity contribution in [2.24, 2.45) is 5.92 Å². The van der Waals surface area contributed by atoms with Crippen molar-refractivity contribution in [3.8, 4) is 0 Å². The molecule has 1 N–H and O–H groups in total. The summed E-state index contributed by atoms with van der Waals surface area (Å²) < 4.78 is 5.42. The first kappa shape index (κ1) is 13.7. The average Bonchev–Trinajstić information content (AvgIpc) is 2.75. The van der Waals surface area contributed by atoms with Gasteiger partial charge in [0.25, 0.3) is 0 Å². The molecule has 0 aliphatic carbocycles. The molecule has 3 unspecified atom stereocenters. The molecule has 2 heterocycles. The second kappa shape index (κ2) is 5.93. The van der Waals surface area contributed by atoms with Crippen LogP contribution in [0.15, 0.2) is 0 Å². The molecule has 0 aromatic rings. The van der Waals surface area contributed by atoms with Crippen LogP contribution in [0, 0.1) is 5.92 Å². The number of hydrogen-bond acceptors (Lipinski definition) is 4. The third kappa shape index (κ3) is 3.17. The highest BCUT2D eigenvalue weighted by molar-refractivity contribution is 7.99. The van der Waals surface area contributed by atoms with E-state index in [4.69, 9.17) is 9.84 Å². The SMILES string of the molecule is CC1CC(C(=O)N2CCSCC2CC(=O)O)CO1. The number of rotatable bonds is 3. The smallest absolute Gasteiger partial charge is 0.305 e. The van der Waals surface area contributed by atoms with Crippen molar-refractivity contribution < 1.29 is 19.4 Å². The molecule has 5 nitrogen and oxygen atoms in total. The van der Waals surface area contributed by atoms with Gasteiger partial charge in [-0.05, 0) is 13.3 Å². The predicted molar refractivity (Wildman–Crippen MR) is 68.6 cm³/mol. The molecule has 0 saturated carbocycles. The fourth-order valence-corrected chi connectivity index (χ4v) is 3.60. The Labute approximate surface area is 111 Å². The first-order chi connectivity index (χ1) is 8.58. The van der Waals surface area contributed by atoms with Crippen LogP contribution < -0.4 is 0 Å². The highest BCUT2D eigenvalue weighted by Gasteiger charge is 2.36. The Balaban J connectivity index is 1.99. The summed E-state index contributed by atoms with van der Waals surface area (Å²) in [5.74, 6) is 0.772. The number of nitrogens with zero attached hydrogens (tertiary/aromatic N) is 1. The normalized spacial score (nSPS) is 32.5. The van der Waals surface area contributed by atoms with Crippen molar-refractivity contribution in [3.63, 3.8) is 0 Å². The van der Waals surface area contributed by atoms with Crippen LogP contribution in [-0.2, 0) is 14.3 Å². The standard InChI is InChI=1S/C12H19NO4S/c1-8-4-9(6-17-8)12(16)13-2-3-18-7-10(13)5-11(14)15/h8-10H,2-7H2,1H3,(H,14,15). The third-order valence-electron chi connectivity index (χ3n) is 3.47. The largest absolute Gasteiger partial charge is 0.481 e. The number of carbonyl (C=O) groups excluding carboxylic acids is 1. The second-order valence-electron chi connectivity index (χ2n) is 4.93. The Morgan fingerprint density at radius 2 is 2.28 bits per heavy atom. The number of ether oxygens (including phenoxy) is 1. The first-order valence-electron chi connectivity index (χ1n) is 6.29. The fraction of sp³-hybridized carbons (Fsp3) is 0.833. The monoisotopic (exact) mass is 273 g/mol. The van der Waals surface area contributed by atoms with Crippen molar-refractivity contribution in [3.05, 3.63) is 0 Å². The van der Waals surface area contributed by atoms with E-state index in [-0.39, 0.29) is 30.4 Å². The molecular weight excluding hydrogens is 254 g/mol. The Morgan fingerprint density at radius 1 is 1.50 bits per heavy atom. The van der Waals surface area contributed by atoms with Gasteiger partial charge in [0.1, 0.15) is 0 Å². The number of hydrogen-bond donors (Lipinski definition) is 1. The second-order valence-corrected chi connectivity index (χ2v) is 6.08. The number of carboxylic acids is 1. The zero-order valence-corrected chi connectivity index (χ0v) is 11.3. The minimum atomic E-state index is -0.837. The number of thioether (sulfide) groups is 1. The minimum Gasteiger partial charge on any atom is -0.481 e. The quantitative estimate of drug-likeness (QED) is 0.825. The summed E-state index contributed by atoms with van der Waals surface area (Å²) in [4.78, 5) is 25.0. The van der Waals surface area contributed by atoms with Gasteiger partial charge in [-0.25, -0.2) is 0 Å². The molecule has 0 radical (unpaired) electrons. The summed E-state index contributed by atoms with van der Waals surface area (Å²) in [6, 6.07) is -0.162. The lowest BCUT2D eigenvalue weighted by Gasteiger charge is -2.36. The van der Waals surface area contributed by atoms with Gasteiger partial charge in [-0.15, -0.1) is 0 Å². The molecule has 1 amide bonds. The molecule has 0 spiro atoms. The Bertz CT molecular complexity index is 336. The minimum absolute atomic E-state index is 0.0435. The van der Waals surface area contributed by atoms with Crippen molar-refractivity contribution >= 4 is 23.6 Å². The van der Waals surface area contributed by atoms with Gasteiger partial charge in [0.15, 0.2) is 0 Å². The molecule has 2 saturated heterocycles. The molecule has 18 heavy (non-hydrogen) atoms. The average molecular weight is 273 g/mol. The Hall–Kier alpha value is -0.750. The van der Waals surface area contributed by atoms with E-state index in [1.165, 1.54) is 0 Å². The van der Waals surface area contributed by atoms with E-state index >= 15 is 0 Å². The van der Waals surface area contributed by atoms with Crippen LogP contribution in [0.3, 0.4) is 0 Å². The van der Waals surface area contributed by atoms with Gasteiger partial charge >= 0.3 is 5.97 Å².